The number of nitrogens with zero attached hydrogens (tertiary/aromatic N) is 1. The Hall–Kier alpha value is -4.40. The van der Waals surface area contributed by atoms with Crippen molar-refractivity contribution in [2.75, 3.05) is 13.9 Å². The SMILES string of the molecule is COc1ccnc(C(=O)C[C@H]2CCCC[C@H](Cc3ccccc3)[C@@H](Oc3ccccc3)[C@H](C)OC2=O)c1OCOC(C)=O. The van der Waals surface area contributed by atoms with Gasteiger partial charge in [0, 0.05) is 31.5 Å². The molecule has 4 rings (SSSR count). The highest BCUT2D eigenvalue weighted by molar-refractivity contribution is 5.99. The predicted octanol–water partition coefficient (Wildman–Crippen LogP) is 5.99. The lowest BCUT2D eigenvalue weighted by Crippen LogP contribution is -2.42. The van der Waals surface area contributed by atoms with E-state index in [0.29, 0.717) is 12.2 Å². The first-order valence-electron chi connectivity index (χ1n) is 14.6. The van der Waals surface area contributed by atoms with E-state index in [1.165, 1.54) is 31.9 Å². The maximum atomic E-state index is 13.6. The van der Waals surface area contributed by atoms with Gasteiger partial charge in [-0.3, -0.25) is 14.4 Å². The molecular weight excluding hydrogens is 550 g/mol. The number of cyclic esters (lactones) is 1. The summed E-state index contributed by atoms with van der Waals surface area (Å²) in [6, 6.07) is 21.4. The van der Waals surface area contributed by atoms with Crippen LogP contribution >= 0.6 is 0 Å². The molecule has 1 aliphatic rings. The minimum atomic E-state index is -0.674. The van der Waals surface area contributed by atoms with Crippen molar-refractivity contribution in [3.8, 4) is 17.2 Å². The van der Waals surface area contributed by atoms with E-state index < -0.39 is 36.5 Å². The number of hydrogen-bond acceptors (Lipinski definition) is 9. The summed E-state index contributed by atoms with van der Waals surface area (Å²) in [4.78, 5) is 42.5. The third kappa shape index (κ3) is 9.04. The van der Waals surface area contributed by atoms with Crippen molar-refractivity contribution in [2.24, 2.45) is 11.8 Å². The van der Waals surface area contributed by atoms with Gasteiger partial charge in [0.2, 0.25) is 6.79 Å². The molecule has 43 heavy (non-hydrogen) atoms. The van der Waals surface area contributed by atoms with Crippen molar-refractivity contribution < 1.29 is 38.1 Å². The summed E-state index contributed by atoms with van der Waals surface area (Å²) in [5, 5.41) is 0. The molecule has 3 aromatic rings. The Kier molecular flexibility index (Phi) is 11.5. The van der Waals surface area contributed by atoms with Crippen LogP contribution in [-0.4, -0.2) is 48.8 Å². The first-order chi connectivity index (χ1) is 20.9. The Labute approximate surface area is 252 Å². The van der Waals surface area contributed by atoms with Gasteiger partial charge in [-0.05, 0) is 43.9 Å². The summed E-state index contributed by atoms with van der Waals surface area (Å²) in [6.45, 7) is 2.70. The molecule has 1 aliphatic heterocycles. The van der Waals surface area contributed by atoms with E-state index in [9.17, 15) is 14.4 Å². The largest absolute Gasteiger partial charge is 0.493 e. The summed E-state index contributed by atoms with van der Waals surface area (Å²) in [5.74, 6) is -0.919. The molecule has 228 valence electrons. The minimum absolute atomic E-state index is 0.00217. The van der Waals surface area contributed by atoms with E-state index in [2.05, 4.69) is 17.1 Å². The number of rotatable bonds is 11. The average Bonchev–Trinajstić information content (AvgIpc) is 3.01. The standard InChI is InChI=1S/C34H39NO8/c1-23-32(43-28-16-8-5-9-17-28)26(20-25-12-6-4-7-13-25)14-10-11-15-27(34(38)42-23)21-29(37)31-33(41-22-40-24(2)36)30(39-3)18-19-35-31/h4-9,12-13,16-19,23,26-27,32H,10-11,14-15,20-22H2,1-3H3/t23-,26+,27+,32-/m0/s1. The highest BCUT2D eigenvalue weighted by Gasteiger charge is 2.35. The van der Waals surface area contributed by atoms with Crippen LogP contribution in [0.1, 0.15) is 62.0 Å². The molecule has 1 fully saturated rings. The number of hydrogen-bond donors (Lipinski definition) is 0. The molecule has 1 aromatic heterocycles. The van der Waals surface area contributed by atoms with Crippen LogP contribution in [0.5, 0.6) is 17.2 Å². The Balaban J connectivity index is 1.53. The quantitative estimate of drug-likeness (QED) is 0.151. The number of methoxy groups -OCH3 is 1. The first kappa shape index (κ1) is 31.5. The van der Waals surface area contributed by atoms with Gasteiger partial charge < -0.3 is 23.7 Å². The number of ether oxygens (including phenoxy) is 5. The zero-order chi connectivity index (χ0) is 30.6. The normalized spacial score (nSPS) is 20.8. The fourth-order valence-electron chi connectivity index (χ4n) is 5.40. The fourth-order valence-corrected chi connectivity index (χ4v) is 5.40. The van der Waals surface area contributed by atoms with E-state index >= 15 is 0 Å². The van der Waals surface area contributed by atoms with Crippen LogP contribution < -0.4 is 14.2 Å². The van der Waals surface area contributed by atoms with Crippen LogP contribution in [-0.2, 0) is 25.5 Å². The summed E-state index contributed by atoms with van der Waals surface area (Å²) in [6.07, 6.45) is 4.13. The lowest BCUT2D eigenvalue weighted by Gasteiger charge is -2.34. The van der Waals surface area contributed by atoms with Crippen LogP contribution in [0.4, 0.5) is 0 Å². The zero-order valence-corrected chi connectivity index (χ0v) is 24.9. The summed E-state index contributed by atoms with van der Waals surface area (Å²) in [7, 11) is 1.43. The number of pyridine rings is 1. The van der Waals surface area contributed by atoms with Crippen molar-refractivity contribution in [2.45, 2.75) is 64.6 Å². The number of aromatic nitrogens is 1. The lowest BCUT2D eigenvalue weighted by molar-refractivity contribution is -0.160. The second kappa shape index (κ2) is 15.7. The third-order valence-corrected chi connectivity index (χ3v) is 7.55. The number of benzene rings is 2. The summed E-state index contributed by atoms with van der Waals surface area (Å²) >= 11 is 0. The van der Waals surface area contributed by atoms with Gasteiger partial charge in [-0.1, -0.05) is 61.4 Å². The highest BCUT2D eigenvalue weighted by Crippen LogP contribution is 2.33. The highest BCUT2D eigenvalue weighted by atomic mass is 16.7. The van der Waals surface area contributed by atoms with Gasteiger partial charge >= 0.3 is 11.9 Å². The minimum Gasteiger partial charge on any atom is -0.493 e. The number of ketones is 1. The first-order valence-corrected chi connectivity index (χ1v) is 14.6. The van der Waals surface area contributed by atoms with Crippen molar-refractivity contribution in [1.29, 1.82) is 0 Å². The molecule has 0 radical (unpaired) electrons. The number of para-hydroxylation sites is 1. The van der Waals surface area contributed by atoms with Crippen LogP contribution in [0.2, 0.25) is 0 Å². The van der Waals surface area contributed by atoms with Gasteiger partial charge in [0.15, 0.2) is 23.0 Å². The molecular formula is C34H39NO8. The van der Waals surface area contributed by atoms with E-state index in [1.807, 2.05) is 55.5 Å². The molecule has 9 heteroatoms. The monoisotopic (exact) mass is 589 g/mol. The summed E-state index contributed by atoms with van der Waals surface area (Å²) < 4.78 is 28.3. The van der Waals surface area contributed by atoms with Crippen molar-refractivity contribution in [1.82, 2.24) is 4.98 Å². The number of esters is 2. The lowest BCUT2D eigenvalue weighted by atomic mass is 9.84. The van der Waals surface area contributed by atoms with E-state index in [4.69, 9.17) is 23.7 Å². The van der Waals surface area contributed by atoms with Gasteiger partial charge in [-0.25, -0.2) is 4.98 Å². The molecule has 2 aromatic carbocycles. The van der Waals surface area contributed by atoms with E-state index in [-0.39, 0.29) is 35.6 Å². The molecule has 0 unspecified atom stereocenters. The predicted molar refractivity (Wildman–Crippen MR) is 159 cm³/mol. The Morgan fingerprint density at radius 2 is 1.67 bits per heavy atom. The maximum absolute atomic E-state index is 13.6. The van der Waals surface area contributed by atoms with E-state index in [1.54, 1.807) is 0 Å². The molecule has 0 saturated carbocycles. The second-order valence-electron chi connectivity index (χ2n) is 10.7. The average molecular weight is 590 g/mol. The van der Waals surface area contributed by atoms with Crippen LogP contribution in [0.25, 0.3) is 0 Å². The molecule has 4 atom stereocenters. The van der Waals surface area contributed by atoms with Crippen LogP contribution in [0.15, 0.2) is 72.9 Å². The second-order valence-corrected chi connectivity index (χ2v) is 10.7. The van der Waals surface area contributed by atoms with E-state index in [0.717, 1.165) is 25.7 Å². The van der Waals surface area contributed by atoms with Crippen molar-refractivity contribution >= 4 is 17.7 Å². The number of carbonyl (C=O) groups is 3. The van der Waals surface area contributed by atoms with Crippen molar-refractivity contribution in [3.63, 3.8) is 0 Å². The van der Waals surface area contributed by atoms with Gasteiger partial charge in [0.25, 0.3) is 0 Å². The van der Waals surface area contributed by atoms with Gasteiger partial charge in [-0.15, -0.1) is 0 Å². The van der Waals surface area contributed by atoms with Gasteiger partial charge in [0.1, 0.15) is 18.0 Å². The number of Topliss-reactive ketones (excluding diaryl/α,β-unsaturated/α-hetero) is 1. The fraction of sp³-hybridized carbons (Fsp3) is 0.412. The number of carbonyl (C=O) groups excluding carboxylic acids is 3. The zero-order valence-electron chi connectivity index (χ0n) is 24.9. The molecule has 0 spiro atoms. The van der Waals surface area contributed by atoms with Crippen molar-refractivity contribution in [3.05, 3.63) is 84.2 Å². The molecule has 0 aliphatic carbocycles. The van der Waals surface area contributed by atoms with Crippen LogP contribution in [0.3, 0.4) is 0 Å². The maximum Gasteiger partial charge on any atom is 0.309 e. The summed E-state index contributed by atoms with van der Waals surface area (Å²) in [5.41, 5.74) is 1.20. The molecule has 0 amide bonds. The Bertz CT molecular complexity index is 1350. The third-order valence-electron chi connectivity index (χ3n) is 7.55. The van der Waals surface area contributed by atoms with Crippen LogP contribution in [0, 0.1) is 11.8 Å². The molecule has 0 bridgehead atoms. The molecule has 2 heterocycles. The molecule has 0 N–H and O–H groups in total. The smallest absolute Gasteiger partial charge is 0.309 e. The topological polar surface area (TPSA) is 110 Å². The van der Waals surface area contributed by atoms with Gasteiger partial charge in [0.05, 0.1) is 13.0 Å². The molecule has 9 nitrogen and oxygen atoms in total. The Morgan fingerprint density at radius 3 is 2.37 bits per heavy atom. The van der Waals surface area contributed by atoms with Gasteiger partial charge in [-0.2, -0.15) is 0 Å². The molecule has 1 saturated heterocycles. The Morgan fingerprint density at radius 1 is 0.977 bits per heavy atom.